The van der Waals surface area contributed by atoms with Gasteiger partial charge in [-0.05, 0) is 60.8 Å². The molecule has 0 aliphatic carbocycles. The largest absolute Gasteiger partial charge is 0.492 e. The van der Waals surface area contributed by atoms with Crippen molar-refractivity contribution < 1.29 is 13.2 Å². The topological polar surface area (TPSA) is 46.6 Å². The number of sulfonamides is 1. The lowest BCUT2D eigenvalue weighted by atomic mass is 9.94. The summed E-state index contributed by atoms with van der Waals surface area (Å²) in [6, 6.07) is 3.74. The van der Waals surface area contributed by atoms with E-state index in [1.807, 2.05) is 26.0 Å². The molecule has 1 saturated heterocycles. The van der Waals surface area contributed by atoms with Gasteiger partial charge in [-0.2, -0.15) is 4.31 Å². The minimum absolute atomic E-state index is 0.272. The minimum Gasteiger partial charge on any atom is -0.492 e. The van der Waals surface area contributed by atoms with Crippen LogP contribution in [-0.4, -0.2) is 32.4 Å². The first-order valence-corrected chi connectivity index (χ1v) is 10.9. The van der Waals surface area contributed by atoms with Crippen molar-refractivity contribution in [2.24, 2.45) is 11.8 Å². The molecule has 0 bridgehead atoms. The van der Waals surface area contributed by atoms with Crippen molar-refractivity contribution in [1.82, 2.24) is 4.31 Å². The van der Waals surface area contributed by atoms with Crippen LogP contribution in [-0.2, 0) is 10.0 Å². The Morgan fingerprint density at radius 1 is 1.20 bits per heavy atom. The molecule has 5 heteroatoms. The maximum Gasteiger partial charge on any atom is 0.246 e. The third-order valence-corrected chi connectivity index (χ3v) is 6.72. The summed E-state index contributed by atoms with van der Waals surface area (Å²) >= 11 is 0. The van der Waals surface area contributed by atoms with Gasteiger partial charge in [-0.3, -0.25) is 0 Å². The molecule has 0 radical (unpaired) electrons. The van der Waals surface area contributed by atoms with Crippen molar-refractivity contribution in [3.8, 4) is 5.75 Å². The molecule has 1 aromatic rings. The van der Waals surface area contributed by atoms with Gasteiger partial charge in [-0.1, -0.05) is 34.6 Å². The Bertz CT molecular complexity index is 687. The van der Waals surface area contributed by atoms with Crippen molar-refractivity contribution in [2.45, 2.75) is 65.2 Å². The highest BCUT2D eigenvalue weighted by atomic mass is 32.2. The molecule has 1 fully saturated rings. The van der Waals surface area contributed by atoms with Crippen molar-refractivity contribution in [3.63, 3.8) is 0 Å². The number of piperidine rings is 1. The highest BCUT2D eigenvalue weighted by Gasteiger charge is 2.34. The van der Waals surface area contributed by atoms with E-state index in [9.17, 15) is 8.42 Å². The second-order valence-electron chi connectivity index (χ2n) is 7.93. The molecule has 0 unspecified atom stereocenters. The summed E-state index contributed by atoms with van der Waals surface area (Å²) in [5, 5.41) is 0. The Hall–Kier alpha value is -1.07. The zero-order valence-corrected chi connectivity index (χ0v) is 17.3. The molecule has 0 aromatic heterocycles. The van der Waals surface area contributed by atoms with Gasteiger partial charge in [0.25, 0.3) is 0 Å². The molecule has 1 aromatic carbocycles. The normalized spacial score (nSPS) is 22.4. The first-order chi connectivity index (χ1) is 11.7. The maximum absolute atomic E-state index is 13.4. The van der Waals surface area contributed by atoms with Crippen LogP contribution in [0.15, 0.2) is 17.0 Å². The van der Waals surface area contributed by atoms with Crippen LogP contribution in [0.4, 0.5) is 0 Å². The van der Waals surface area contributed by atoms with E-state index in [2.05, 4.69) is 27.7 Å². The number of aryl methyl sites for hydroxylation is 1. The molecule has 0 saturated carbocycles. The van der Waals surface area contributed by atoms with Gasteiger partial charge in [0.2, 0.25) is 10.0 Å². The first kappa shape index (κ1) is 20.2. The van der Waals surface area contributed by atoms with Crippen LogP contribution in [0.25, 0.3) is 0 Å². The summed E-state index contributed by atoms with van der Waals surface area (Å²) in [6.07, 6.45) is 1.93. The van der Waals surface area contributed by atoms with Gasteiger partial charge in [-0.25, -0.2) is 8.42 Å². The third kappa shape index (κ3) is 4.56. The summed E-state index contributed by atoms with van der Waals surface area (Å²) in [5.41, 5.74) is 2.15. The quantitative estimate of drug-likeness (QED) is 0.740. The van der Waals surface area contributed by atoms with Gasteiger partial charge in [0, 0.05) is 13.1 Å². The van der Waals surface area contributed by atoms with E-state index in [1.54, 1.807) is 4.31 Å². The van der Waals surface area contributed by atoms with Crippen LogP contribution in [0.5, 0.6) is 5.75 Å². The van der Waals surface area contributed by atoms with Gasteiger partial charge >= 0.3 is 0 Å². The van der Waals surface area contributed by atoms with Crippen LogP contribution in [0.1, 0.15) is 64.5 Å². The molecule has 25 heavy (non-hydrogen) atoms. The zero-order chi connectivity index (χ0) is 18.8. The Balaban J connectivity index is 2.51. The van der Waals surface area contributed by atoms with E-state index < -0.39 is 10.0 Å². The van der Waals surface area contributed by atoms with Crippen molar-refractivity contribution >= 4 is 10.0 Å². The molecule has 0 spiro atoms. The average Bonchev–Trinajstić information content (AvgIpc) is 2.51. The fraction of sp³-hybridized carbons (Fsp3) is 0.700. The third-order valence-electron chi connectivity index (χ3n) is 4.87. The molecule has 2 rings (SSSR count). The molecule has 0 amide bonds. The van der Waals surface area contributed by atoms with E-state index in [1.165, 1.54) is 0 Å². The smallest absolute Gasteiger partial charge is 0.246 e. The van der Waals surface area contributed by atoms with Gasteiger partial charge in [0.1, 0.15) is 10.6 Å². The van der Waals surface area contributed by atoms with Crippen molar-refractivity contribution in [2.75, 3.05) is 19.7 Å². The van der Waals surface area contributed by atoms with Gasteiger partial charge in [0.15, 0.2) is 0 Å². The summed E-state index contributed by atoms with van der Waals surface area (Å²) in [7, 11) is -3.55. The van der Waals surface area contributed by atoms with E-state index in [0.717, 1.165) is 24.0 Å². The van der Waals surface area contributed by atoms with E-state index in [-0.39, 0.29) is 5.92 Å². The molecule has 142 valence electrons. The Kier molecular flexibility index (Phi) is 6.55. The highest BCUT2D eigenvalue weighted by molar-refractivity contribution is 7.89. The predicted octanol–water partition coefficient (Wildman–Crippen LogP) is 4.57. The fourth-order valence-corrected chi connectivity index (χ4v) is 5.59. The fourth-order valence-electron chi connectivity index (χ4n) is 3.77. The number of rotatable bonds is 6. The van der Waals surface area contributed by atoms with Gasteiger partial charge < -0.3 is 4.74 Å². The van der Waals surface area contributed by atoms with Gasteiger partial charge in [0.05, 0.1) is 6.61 Å². The SMILES string of the molecule is CCCOc1cc(C)c(C(C)C)cc1S(=O)(=O)N1C[C@H](C)C[C@H](C)C1. The monoisotopic (exact) mass is 367 g/mol. The standard InChI is InChI=1S/C20H33NO3S/c1-7-8-24-19-10-17(6)18(14(2)3)11-20(19)25(22,23)21-12-15(4)9-16(5)13-21/h10-11,14-16H,7-9,12-13H2,1-6H3/t15-,16+. The number of nitrogens with zero attached hydrogens (tertiary/aromatic N) is 1. The lowest BCUT2D eigenvalue weighted by molar-refractivity contribution is 0.221. The van der Waals surface area contributed by atoms with Crippen molar-refractivity contribution in [1.29, 1.82) is 0 Å². The van der Waals surface area contributed by atoms with Crippen LogP contribution in [0, 0.1) is 18.8 Å². The summed E-state index contributed by atoms with van der Waals surface area (Å²) in [5.74, 6) is 1.53. The molecule has 2 atom stereocenters. The molecule has 1 heterocycles. The average molecular weight is 368 g/mol. The Morgan fingerprint density at radius 3 is 2.32 bits per heavy atom. The van der Waals surface area contributed by atoms with Crippen molar-refractivity contribution in [3.05, 3.63) is 23.3 Å². The van der Waals surface area contributed by atoms with Crippen LogP contribution < -0.4 is 4.74 Å². The maximum atomic E-state index is 13.4. The number of hydrogen-bond acceptors (Lipinski definition) is 3. The highest BCUT2D eigenvalue weighted by Crippen LogP contribution is 2.35. The number of benzene rings is 1. The number of hydrogen-bond donors (Lipinski definition) is 0. The molecule has 1 aliphatic heterocycles. The van der Waals surface area contributed by atoms with E-state index in [4.69, 9.17) is 4.74 Å². The Morgan fingerprint density at radius 2 is 1.80 bits per heavy atom. The lowest BCUT2D eigenvalue weighted by Gasteiger charge is -2.34. The van der Waals surface area contributed by atoms with E-state index in [0.29, 0.717) is 42.2 Å². The minimum atomic E-state index is -3.55. The second kappa shape index (κ2) is 8.09. The summed E-state index contributed by atoms with van der Waals surface area (Å²) < 4.78 is 34.3. The van der Waals surface area contributed by atoms with E-state index >= 15 is 0 Å². The predicted molar refractivity (Wildman–Crippen MR) is 103 cm³/mol. The number of ether oxygens (including phenoxy) is 1. The summed E-state index contributed by atoms with van der Waals surface area (Å²) in [4.78, 5) is 0.330. The zero-order valence-electron chi connectivity index (χ0n) is 16.5. The molecule has 4 nitrogen and oxygen atoms in total. The Labute approximate surface area is 153 Å². The molecular formula is C20H33NO3S. The van der Waals surface area contributed by atoms with Crippen LogP contribution >= 0.6 is 0 Å². The van der Waals surface area contributed by atoms with Gasteiger partial charge in [-0.15, -0.1) is 0 Å². The first-order valence-electron chi connectivity index (χ1n) is 9.44. The van der Waals surface area contributed by atoms with Crippen LogP contribution in [0.2, 0.25) is 0 Å². The molecule has 1 aliphatic rings. The van der Waals surface area contributed by atoms with Crippen LogP contribution in [0.3, 0.4) is 0 Å². The lowest BCUT2D eigenvalue weighted by Crippen LogP contribution is -2.42. The molecular weight excluding hydrogens is 334 g/mol. The summed E-state index contributed by atoms with van der Waals surface area (Å²) in [6.45, 7) is 14.2. The second-order valence-corrected chi connectivity index (χ2v) is 9.83. The molecule has 0 N–H and O–H groups in total.